The van der Waals surface area contributed by atoms with E-state index in [1.54, 1.807) is 24.3 Å². The van der Waals surface area contributed by atoms with Gasteiger partial charge in [0.25, 0.3) is 0 Å². The van der Waals surface area contributed by atoms with Gasteiger partial charge in [0, 0.05) is 6.54 Å². The van der Waals surface area contributed by atoms with Gasteiger partial charge in [-0.25, -0.2) is 9.69 Å². The molecule has 0 fully saturated rings. The maximum Gasteiger partial charge on any atom is 0.417 e. The first-order valence-electron chi connectivity index (χ1n) is 7.75. The normalized spacial score (nSPS) is 13.3. The van der Waals surface area contributed by atoms with Gasteiger partial charge in [-0.15, -0.1) is 0 Å². The molecule has 2 amide bonds. The van der Waals surface area contributed by atoms with Crippen LogP contribution in [0.3, 0.4) is 0 Å². The molecular formula is C17H23F3N2O3. The lowest BCUT2D eigenvalue weighted by molar-refractivity contribution is -0.182. The second-order valence-electron chi connectivity index (χ2n) is 6.66. The van der Waals surface area contributed by atoms with Gasteiger partial charge in [-0.3, -0.25) is 4.79 Å². The molecule has 8 heteroatoms. The quantitative estimate of drug-likeness (QED) is 0.893. The number of hydrogen-bond acceptors (Lipinski definition) is 4. The predicted molar refractivity (Wildman–Crippen MR) is 86.6 cm³/mol. The molecule has 0 aromatic heterocycles. The number of nitrogens with two attached hydrogens (primary N) is 1. The third kappa shape index (κ3) is 6.38. The minimum atomic E-state index is -4.75. The van der Waals surface area contributed by atoms with Crippen molar-refractivity contribution in [2.24, 2.45) is 5.73 Å². The summed E-state index contributed by atoms with van der Waals surface area (Å²) in [6.07, 6.45) is -6.43. The van der Waals surface area contributed by atoms with E-state index in [0.29, 0.717) is 12.1 Å². The molecule has 140 valence electrons. The monoisotopic (exact) mass is 360 g/mol. The van der Waals surface area contributed by atoms with E-state index in [4.69, 9.17) is 10.5 Å². The lowest BCUT2D eigenvalue weighted by Gasteiger charge is -2.31. The zero-order valence-corrected chi connectivity index (χ0v) is 14.7. The first-order chi connectivity index (χ1) is 11.3. The molecule has 1 aromatic rings. The number of halogens is 3. The Kier molecular flexibility index (Phi) is 6.59. The summed E-state index contributed by atoms with van der Waals surface area (Å²) in [6, 6.07) is 4.23. The fourth-order valence-electron chi connectivity index (χ4n) is 1.99. The lowest BCUT2D eigenvalue weighted by atomic mass is 10.1. The van der Waals surface area contributed by atoms with Crippen molar-refractivity contribution >= 4 is 12.0 Å². The van der Waals surface area contributed by atoms with Gasteiger partial charge in [0.15, 0.2) is 0 Å². The number of hydrogen-bond donors (Lipinski definition) is 1. The number of alkyl halides is 3. The smallest absolute Gasteiger partial charge is 0.417 e. The van der Waals surface area contributed by atoms with Gasteiger partial charge < -0.3 is 10.5 Å². The van der Waals surface area contributed by atoms with Crippen LogP contribution in [0.15, 0.2) is 24.3 Å². The van der Waals surface area contributed by atoms with Crippen LogP contribution in [0.1, 0.15) is 38.8 Å². The van der Waals surface area contributed by atoms with Crippen LogP contribution in [0.5, 0.6) is 0 Å². The van der Waals surface area contributed by atoms with Gasteiger partial charge in [0.05, 0.1) is 6.42 Å². The second-order valence-corrected chi connectivity index (χ2v) is 6.66. The van der Waals surface area contributed by atoms with E-state index < -0.39 is 29.8 Å². The Morgan fingerprint density at radius 1 is 1.12 bits per heavy atom. The van der Waals surface area contributed by atoms with Crippen molar-refractivity contribution in [2.75, 3.05) is 0 Å². The average molecular weight is 360 g/mol. The Labute approximate surface area is 144 Å². The molecule has 2 N–H and O–H groups in total. The molecule has 0 spiro atoms. The number of benzene rings is 1. The number of imide groups is 1. The number of carbonyl (C=O) groups is 2. The Morgan fingerprint density at radius 2 is 1.60 bits per heavy atom. The van der Waals surface area contributed by atoms with Gasteiger partial charge >= 0.3 is 12.3 Å². The van der Waals surface area contributed by atoms with Gasteiger partial charge in [-0.2, -0.15) is 13.2 Å². The van der Waals surface area contributed by atoms with Crippen LogP contribution in [0.4, 0.5) is 18.0 Å². The molecular weight excluding hydrogens is 337 g/mol. The van der Waals surface area contributed by atoms with Crippen molar-refractivity contribution in [3.63, 3.8) is 0 Å². The molecule has 0 radical (unpaired) electrons. The first kappa shape index (κ1) is 21.0. The van der Waals surface area contributed by atoms with E-state index in [-0.39, 0.29) is 11.3 Å². The zero-order valence-electron chi connectivity index (χ0n) is 14.7. The summed E-state index contributed by atoms with van der Waals surface area (Å²) in [7, 11) is 0. The maximum absolute atomic E-state index is 13.1. The Hall–Kier alpha value is -2.09. The Balaban J connectivity index is 3.04. The highest BCUT2D eigenvalue weighted by Crippen LogP contribution is 2.26. The number of amides is 2. The van der Waals surface area contributed by atoms with Crippen molar-refractivity contribution in [1.29, 1.82) is 0 Å². The highest BCUT2D eigenvalue weighted by molar-refractivity contribution is 5.93. The maximum atomic E-state index is 13.1. The second kappa shape index (κ2) is 7.86. The lowest BCUT2D eigenvalue weighted by Crippen LogP contribution is -2.52. The van der Waals surface area contributed by atoms with Crippen molar-refractivity contribution < 1.29 is 27.5 Å². The van der Waals surface area contributed by atoms with E-state index in [1.165, 1.54) is 20.8 Å². The minimum absolute atomic E-state index is 0.127. The zero-order chi connectivity index (χ0) is 19.4. The summed E-state index contributed by atoms with van der Waals surface area (Å²) < 4.78 is 44.2. The van der Waals surface area contributed by atoms with E-state index in [2.05, 4.69) is 0 Å². The van der Waals surface area contributed by atoms with Crippen LogP contribution < -0.4 is 5.73 Å². The van der Waals surface area contributed by atoms with Crippen LogP contribution in [0.2, 0.25) is 0 Å². The summed E-state index contributed by atoms with van der Waals surface area (Å²) >= 11 is 0. The standard InChI is InChI=1S/C17H23F3N2O3/c1-11(17(18,19)20)22(15(24)25-16(2,3)4)14(23)9-12-5-7-13(10-21)8-6-12/h5-8,11H,9-10,21H2,1-4H3/t11-/m1/s1. The molecule has 0 heterocycles. The fourth-order valence-corrected chi connectivity index (χ4v) is 1.99. The Bertz CT molecular complexity index is 607. The van der Waals surface area contributed by atoms with Crippen molar-refractivity contribution in [2.45, 2.75) is 58.5 Å². The number of carbonyl (C=O) groups excluding carboxylic acids is 2. The molecule has 1 atom stereocenters. The summed E-state index contributed by atoms with van der Waals surface area (Å²) in [5, 5.41) is 0. The Morgan fingerprint density at radius 3 is 2.00 bits per heavy atom. The topological polar surface area (TPSA) is 72.6 Å². The first-order valence-corrected chi connectivity index (χ1v) is 7.75. The third-order valence-electron chi connectivity index (χ3n) is 3.33. The summed E-state index contributed by atoms with van der Waals surface area (Å²) in [5.41, 5.74) is 5.75. The molecule has 1 aromatic carbocycles. The van der Waals surface area contributed by atoms with E-state index in [1.807, 2.05) is 0 Å². The highest BCUT2D eigenvalue weighted by atomic mass is 19.4. The van der Waals surface area contributed by atoms with Gasteiger partial charge in [0.1, 0.15) is 11.6 Å². The largest absolute Gasteiger partial charge is 0.443 e. The number of nitrogens with zero attached hydrogens (tertiary/aromatic N) is 1. The molecule has 1 rings (SSSR count). The number of ether oxygens (including phenoxy) is 1. The molecule has 25 heavy (non-hydrogen) atoms. The predicted octanol–water partition coefficient (Wildman–Crippen LogP) is 3.40. The third-order valence-corrected chi connectivity index (χ3v) is 3.33. The van der Waals surface area contributed by atoms with Crippen LogP contribution in [0.25, 0.3) is 0 Å². The van der Waals surface area contributed by atoms with Crippen LogP contribution in [-0.2, 0) is 22.5 Å². The van der Waals surface area contributed by atoms with Gasteiger partial charge in [-0.05, 0) is 38.8 Å². The van der Waals surface area contributed by atoms with Crippen LogP contribution in [-0.4, -0.2) is 34.7 Å². The fraction of sp³-hybridized carbons (Fsp3) is 0.529. The highest BCUT2D eigenvalue weighted by Gasteiger charge is 2.46. The summed E-state index contributed by atoms with van der Waals surface area (Å²) in [4.78, 5) is 24.7. The molecule has 0 aliphatic rings. The van der Waals surface area contributed by atoms with Crippen molar-refractivity contribution in [1.82, 2.24) is 4.90 Å². The minimum Gasteiger partial charge on any atom is -0.443 e. The van der Waals surface area contributed by atoms with E-state index in [9.17, 15) is 22.8 Å². The average Bonchev–Trinajstić information content (AvgIpc) is 2.45. The van der Waals surface area contributed by atoms with Gasteiger partial charge in [-0.1, -0.05) is 24.3 Å². The molecule has 0 unspecified atom stereocenters. The summed E-state index contributed by atoms with van der Waals surface area (Å²) in [6.45, 7) is 5.59. The molecule has 5 nitrogen and oxygen atoms in total. The van der Waals surface area contributed by atoms with Crippen LogP contribution >= 0.6 is 0 Å². The van der Waals surface area contributed by atoms with E-state index in [0.717, 1.165) is 12.5 Å². The van der Waals surface area contributed by atoms with E-state index >= 15 is 0 Å². The van der Waals surface area contributed by atoms with Crippen LogP contribution in [0, 0.1) is 0 Å². The molecule has 0 bridgehead atoms. The summed E-state index contributed by atoms with van der Waals surface area (Å²) in [5.74, 6) is -0.987. The molecule has 0 aliphatic carbocycles. The molecule has 0 saturated heterocycles. The SMILES string of the molecule is C[C@@H](N(C(=O)Cc1ccc(CN)cc1)C(=O)OC(C)(C)C)C(F)(F)F. The molecule has 0 saturated carbocycles. The molecule has 0 aliphatic heterocycles. The number of rotatable bonds is 4. The van der Waals surface area contributed by atoms with Gasteiger partial charge in [0.2, 0.25) is 5.91 Å². The van der Waals surface area contributed by atoms with Crippen molar-refractivity contribution in [3.8, 4) is 0 Å². The van der Waals surface area contributed by atoms with Crippen molar-refractivity contribution in [3.05, 3.63) is 35.4 Å².